The standard InChI is InChI=1S/C13H19ClN4O/c1-3-4-5-6-7-10(2)19-12-8-11(14)17-13-15-9-16-18(12)13/h8-10H,3-7H2,1-2H3. The van der Waals surface area contributed by atoms with Crippen LogP contribution in [0.2, 0.25) is 5.15 Å². The van der Waals surface area contributed by atoms with Gasteiger partial charge in [-0.2, -0.15) is 19.6 Å². The number of fused-ring (bicyclic) bond motifs is 1. The van der Waals surface area contributed by atoms with E-state index < -0.39 is 0 Å². The Kier molecular flexibility index (Phi) is 4.96. The molecule has 0 aliphatic rings. The van der Waals surface area contributed by atoms with E-state index in [2.05, 4.69) is 28.9 Å². The summed E-state index contributed by atoms with van der Waals surface area (Å²) in [5.41, 5.74) is 0. The summed E-state index contributed by atoms with van der Waals surface area (Å²) in [6, 6.07) is 1.67. The molecule has 6 heteroatoms. The van der Waals surface area contributed by atoms with E-state index in [1.54, 1.807) is 10.6 Å². The summed E-state index contributed by atoms with van der Waals surface area (Å²) in [6.45, 7) is 4.27. The van der Waals surface area contributed by atoms with E-state index in [4.69, 9.17) is 16.3 Å². The molecule has 19 heavy (non-hydrogen) atoms. The van der Waals surface area contributed by atoms with Gasteiger partial charge in [0.1, 0.15) is 11.5 Å². The molecule has 2 aromatic rings. The third-order valence-electron chi connectivity index (χ3n) is 2.97. The summed E-state index contributed by atoms with van der Waals surface area (Å²) in [7, 11) is 0. The summed E-state index contributed by atoms with van der Waals surface area (Å²) >= 11 is 5.94. The molecule has 0 bridgehead atoms. The molecule has 0 spiro atoms. The van der Waals surface area contributed by atoms with Gasteiger partial charge in [0, 0.05) is 6.07 Å². The van der Waals surface area contributed by atoms with E-state index in [0.717, 1.165) is 6.42 Å². The first-order valence-corrected chi connectivity index (χ1v) is 7.11. The highest BCUT2D eigenvalue weighted by molar-refractivity contribution is 6.29. The van der Waals surface area contributed by atoms with Gasteiger partial charge in [-0.3, -0.25) is 0 Å². The molecule has 2 rings (SSSR count). The molecule has 0 amide bonds. The fourth-order valence-electron chi connectivity index (χ4n) is 1.97. The molecule has 0 saturated heterocycles. The van der Waals surface area contributed by atoms with Crippen LogP contribution in [0.5, 0.6) is 5.88 Å². The molecule has 0 aliphatic carbocycles. The Bertz CT molecular complexity index is 528. The van der Waals surface area contributed by atoms with E-state index in [1.165, 1.54) is 32.0 Å². The number of hydrogen-bond acceptors (Lipinski definition) is 4. The van der Waals surface area contributed by atoms with Crippen molar-refractivity contribution in [2.24, 2.45) is 0 Å². The van der Waals surface area contributed by atoms with Crippen molar-refractivity contribution in [2.45, 2.75) is 52.1 Å². The lowest BCUT2D eigenvalue weighted by atomic mass is 10.1. The van der Waals surface area contributed by atoms with Gasteiger partial charge in [0.05, 0.1) is 6.10 Å². The number of nitrogens with zero attached hydrogens (tertiary/aromatic N) is 4. The van der Waals surface area contributed by atoms with Crippen LogP contribution in [-0.4, -0.2) is 25.7 Å². The minimum Gasteiger partial charge on any atom is -0.474 e. The first-order chi connectivity index (χ1) is 9.20. The molecule has 0 N–H and O–H groups in total. The Hall–Kier alpha value is -1.36. The SMILES string of the molecule is CCCCCCC(C)Oc1cc(Cl)nc2ncnn12. The highest BCUT2D eigenvalue weighted by Gasteiger charge is 2.11. The van der Waals surface area contributed by atoms with Gasteiger partial charge in [0.15, 0.2) is 0 Å². The lowest BCUT2D eigenvalue weighted by Crippen LogP contribution is -2.14. The molecule has 1 unspecified atom stereocenters. The van der Waals surface area contributed by atoms with Crippen LogP contribution in [0.4, 0.5) is 0 Å². The average Bonchev–Trinajstić information content (AvgIpc) is 2.82. The zero-order valence-electron chi connectivity index (χ0n) is 11.3. The van der Waals surface area contributed by atoms with Crippen LogP contribution in [0, 0.1) is 0 Å². The van der Waals surface area contributed by atoms with Crippen molar-refractivity contribution in [3.63, 3.8) is 0 Å². The molecule has 0 aromatic carbocycles. The van der Waals surface area contributed by atoms with Crippen LogP contribution in [-0.2, 0) is 0 Å². The maximum atomic E-state index is 5.94. The quantitative estimate of drug-likeness (QED) is 0.576. The van der Waals surface area contributed by atoms with E-state index in [-0.39, 0.29) is 6.10 Å². The van der Waals surface area contributed by atoms with Gasteiger partial charge in [0.25, 0.3) is 5.78 Å². The molecule has 2 aromatic heterocycles. The van der Waals surface area contributed by atoms with Gasteiger partial charge in [-0.25, -0.2) is 0 Å². The molecule has 0 saturated carbocycles. The van der Waals surface area contributed by atoms with E-state index in [9.17, 15) is 0 Å². The number of halogens is 1. The minimum absolute atomic E-state index is 0.128. The molecule has 5 nitrogen and oxygen atoms in total. The fraction of sp³-hybridized carbons (Fsp3) is 0.615. The molecular formula is C13H19ClN4O. The van der Waals surface area contributed by atoms with E-state index in [1.807, 2.05) is 0 Å². The topological polar surface area (TPSA) is 52.3 Å². The smallest absolute Gasteiger partial charge is 0.256 e. The second kappa shape index (κ2) is 6.70. The first-order valence-electron chi connectivity index (χ1n) is 6.73. The van der Waals surface area contributed by atoms with Crippen molar-refractivity contribution >= 4 is 17.4 Å². The third kappa shape index (κ3) is 3.80. The second-order valence-electron chi connectivity index (χ2n) is 4.67. The van der Waals surface area contributed by atoms with Crippen molar-refractivity contribution in [2.75, 3.05) is 0 Å². The average molecular weight is 283 g/mol. The maximum Gasteiger partial charge on any atom is 0.256 e. The summed E-state index contributed by atoms with van der Waals surface area (Å²) < 4.78 is 7.45. The predicted molar refractivity (Wildman–Crippen MR) is 74.6 cm³/mol. The van der Waals surface area contributed by atoms with Crippen molar-refractivity contribution in [1.82, 2.24) is 19.6 Å². The van der Waals surface area contributed by atoms with E-state index in [0.29, 0.717) is 16.8 Å². The lowest BCUT2D eigenvalue weighted by molar-refractivity contribution is 0.193. The Morgan fingerprint density at radius 2 is 2.21 bits per heavy atom. The summed E-state index contributed by atoms with van der Waals surface area (Å²) in [5, 5.41) is 4.45. The molecule has 0 radical (unpaired) electrons. The van der Waals surface area contributed by atoms with Crippen LogP contribution >= 0.6 is 11.6 Å². The molecule has 104 valence electrons. The Balaban J connectivity index is 1.98. The van der Waals surface area contributed by atoms with Crippen molar-refractivity contribution < 1.29 is 4.74 Å². The fourth-order valence-corrected chi connectivity index (χ4v) is 2.13. The van der Waals surface area contributed by atoms with Gasteiger partial charge in [-0.05, 0) is 19.8 Å². The number of hydrogen-bond donors (Lipinski definition) is 0. The number of unbranched alkanes of at least 4 members (excludes halogenated alkanes) is 3. The Labute approximate surface area is 118 Å². The molecule has 1 atom stereocenters. The van der Waals surface area contributed by atoms with Crippen molar-refractivity contribution in [3.05, 3.63) is 17.5 Å². The van der Waals surface area contributed by atoms with Crippen LogP contribution in [0.15, 0.2) is 12.4 Å². The number of ether oxygens (including phenoxy) is 1. The third-order valence-corrected chi connectivity index (χ3v) is 3.17. The first kappa shape index (κ1) is 14.1. The highest BCUT2D eigenvalue weighted by Crippen LogP contribution is 2.19. The van der Waals surface area contributed by atoms with Crippen LogP contribution in [0.25, 0.3) is 5.78 Å². The predicted octanol–water partition coefficient (Wildman–Crippen LogP) is 3.52. The van der Waals surface area contributed by atoms with E-state index >= 15 is 0 Å². The number of rotatable bonds is 7. The van der Waals surface area contributed by atoms with Crippen molar-refractivity contribution in [1.29, 1.82) is 0 Å². The lowest BCUT2D eigenvalue weighted by Gasteiger charge is -2.14. The number of aromatic nitrogens is 4. The Morgan fingerprint density at radius 3 is 3.00 bits per heavy atom. The summed E-state index contributed by atoms with van der Waals surface area (Å²) in [5.74, 6) is 1.05. The molecule has 0 aliphatic heterocycles. The second-order valence-corrected chi connectivity index (χ2v) is 5.05. The zero-order valence-corrected chi connectivity index (χ0v) is 12.1. The molecule has 0 fully saturated rings. The van der Waals surface area contributed by atoms with Crippen LogP contribution in [0.1, 0.15) is 46.0 Å². The van der Waals surface area contributed by atoms with Gasteiger partial charge in [0.2, 0.25) is 5.88 Å². The minimum atomic E-state index is 0.128. The molecule has 2 heterocycles. The maximum absolute atomic E-state index is 5.94. The summed E-state index contributed by atoms with van der Waals surface area (Å²) in [6.07, 6.45) is 7.54. The van der Waals surface area contributed by atoms with Crippen LogP contribution in [0.3, 0.4) is 0 Å². The normalized spacial score (nSPS) is 12.8. The van der Waals surface area contributed by atoms with Gasteiger partial charge < -0.3 is 4.74 Å². The highest BCUT2D eigenvalue weighted by atomic mass is 35.5. The van der Waals surface area contributed by atoms with Gasteiger partial charge in [-0.1, -0.05) is 37.8 Å². The Morgan fingerprint density at radius 1 is 1.37 bits per heavy atom. The van der Waals surface area contributed by atoms with Crippen molar-refractivity contribution in [3.8, 4) is 5.88 Å². The monoisotopic (exact) mass is 282 g/mol. The zero-order chi connectivity index (χ0) is 13.7. The molecular weight excluding hydrogens is 264 g/mol. The summed E-state index contributed by atoms with van der Waals surface area (Å²) in [4.78, 5) is 8.08. The van der Waals surface area contributed by atoms with Crippen LogP contribution < -0.4 is 4.74 Å². The van der Waals surface area contributed by atoms with Gasteiger partial charge >= 0.3 is 0 Å². The van der Waals surface area contributed by atoms with Gasteiger partial charge in [-0.15, -0.1) is 0 Å². The largest absolute Gasteiger partial charge is 0.474 e.